The highest BCUT2D eigenvalue weighted by atomic mass is 32.2. The van der Waals surface area contributed by atoms with E-state index >= 15 is 0 Å². The van der Waals surface area contributed by atoms with Crippen LogP contribution in [0.3, 0.4) is 0 Å². The van der Waals surface area contributed by atoms with E-state index in [4.69, 9.17) is 15.5 Å². The van der Waals surface area contributed by atoms with Gasteiger partial charge in [0.15, 0.2) is 5.82 Å². The van der Waals surface area contributed by atoms with Crippen LogP contribution in [-0.2, 0) is 27.7 Å². The zero-order valence-electron chi connectivity index (χ0n) is 17.4. The first-order valence-corrected chi connectivity index (χ1v) is 12.1. The van der Waals surface area contributed by atoms with Crippen LogP contribution in [0, 0.1) is 19.8 Å². The molecule has 2 N–H and O–H groups in total. The molecule has 0 amide bonds. The summed E-state index contributed by atoms with van der Waals surface area (Å²) in [6.45, 7) is 7.07. The fourth-order valence-electron chi connectivity index (χ4n) is 4.07. The van der Waals surface area contributed by atoms with Crippen molar-refractivity contribution in [3.63, 3.8) is 0 Å². The minimum atomic E-state index is -3.02. The number of aromatic nitrogens is 3. The van der Waals surface area contributed by atoms with Crippen molar-refractivity contribution in [2.75, 3.05) is 37.8 Å². The van der Waals surface area contributed by atoms with E-state index in [2.05, 4.69) is 16.5 Å². The Morgan fingerprint density at radius 2 is 1.97 bits per heavy atom. The number of nitrogens with two attached hydrogens (primary N) is 1. The molecule has 160 valence electrons. The van der Waals surface area contributed by atoms with Gasteiger partial charge in [0.05, 0.1) is 17.9 Å². The van der Waals surface area contributed by atoms with E-state index in [-0.39, 0.29) is 5.75 Å². The zero-order chi connectivity index (χ0) is 20.6. The molecule has 8 nitrogen and oxygen atoms in total. The molecule has 0 bridgehead atoms. The number of ether oxygens (including phenoxy) is 1. The number of anilines is 1. The number of nitrogen functional groups attached to an aromatic ring is 1. The minimum absolute atomic E-state index is 0.280. The van der Waals surface area contributed by atoms with Crippen LogP contribution in [0.15, 0.2) is 0 Å². The van der Waals surface area contributed by atoms with Gasteiger partial charge in [-0.15, -0.1) is 0 Å². The van der Waals surface area contributed by atoms with Gasteiger partial charge in [-0.05, 0) is 51.0 Å². The number of pyridine rings is 1. The number of nitrogens with zero attached hydrogens (tertiary/aromatic N) is 4. The van der Waals surface area contributed by atoms with Crippen molar-refractivity contribution in [3.8, 4) is 0 Å². The summed E-state index contributed by atoms with van der Waals surface area (Å²) in [5, 5.41) is 0. The SMILES string of the molecule is Cc1nc(N)c2nc(CC3CC3)n(CCOCCCN3CCCS3(=O)=O)c2c1C. The van der Waals surface area contributed by atoms with Gasteiger partial charge in [-0.2, -0.15) is 0 Å². The molecule has 2 aromatic rings. The van der Waals surface area contributed by atoms with Crippen molar-refractivity contribution < 1.29 is 13.2 Å². The maximum atomic E-state index is 11.8. The lowest BCUT2D eigenvalue weighted by Crippen LogP contribution is -2.27. The normalized spacial score (nSPS) is 19.4. The van der Waals surface area contributed by atoms with Gasteiger partial charge in [0.2, 0.25) is 10.0 Å². The lowest BCUT2D eigenvalue weighted by Gasteiger charge is -2.15. The van der Waals surface area contributed by atoms with Gasteiger partial charge in [0.1, 0.15) is 11.3 Å². The summed E-state index contributed by atoms with van der Waals surface area (Å²) >= 11 is 0. The van der Waals surface area contributed by atoms with Gasteiger partial charge in [-0.25, -0.2) is 22.7 Å². The molecule has 3 heterocycles. The predicted octanol–water partition coefficient (Wildman–Crippen LogP) is 2.03. The molecule has 1 aliphatic carbocycles. The topological polar surface area (TPSA) is 103 Å². The first-order valence-electron chi connectivity index (χ1n) is 10.5. The van der Waals surface area contributed by atoms with Crippen molar-refractivity contribution in [2.24, 2.45) is 5.92 Å². The zero-order valence-corrected chi connectivity index (χ0v) is 18.2. The minimum Gasteiger partial charge on any atom is -0.382 e. The Kier molecular flexibility index (Phi) is 5.81. The number of rotatable bonds is 9. The third-order valence-electron chi connectivity index (χ3n) is 6.00. The standard InChI is InChI=1S/C20H31N5O3S/c1-14-15(2)22-20(21)18-19(14)25(17(23-18)13-16-5-6-16)9-11-28-10-3-7-24-8-4-12-29(24,26)27/h16H,3-13H2,1-2H3,(H2,21,22). The van der Waals surface area contributed by atoms with Crippen LogP contribution in [0.4, 0.5) is 5.82 Å². The first kappa shape index (κ1) is 20.6. The number of fused-ring (bicyclic) bond motifs is 1. The number of sulfonamides is 1. The molecule has 0 atom stereocenters. The van der Waals surface area contributed by atoms with Crippen molar-refractivity contribution in [1.29, 1.82) is 0 Å². The maximum absolute atomic E-state index is 11.8. The van der Waals surface area contributed by atoms with Crippen molar-refractivity contribution in [3.05, 3.63) is 17.1 Å². The Morgan fingerprint density at radius 1 is 1.17 bits per heavy atom. The summed E-state index contributed by atoms with van der Waals surface area (Å²) in [6.07, 6.45) is 4.96. The van der Waals surface area contributed by atoms with Crippen LogP contribution in [0.25, 0.3) is 11.0 Å². The van der Waals surface area contributed by atoms with E-state index in [1.165, 1.54) is 12.8 Å². The summed E-state index contributed by atoms with van der Waals surface area (Å²) in [4.78, 5) is 9.26. The molecule has 0 aromatic carbocycles. The summed E-state index contributed by atoms with van der Waals surface area (Å²) in [5.41, 5.74) is 10.1. The Labute approximate surface area is 172 Å². The second-order valence-electron chi connectivity index (χ2n) is 8.27. The summed E-state index contributed by atoms with van der Waals surface area (Å²) < 4.78 is 33.3. The van der Waals surface area contributed by atoms with Crippen LogP contribution < -0.4 is 5.73 Å². The second-order valence-corrected chi connectivity index (χ2v) is 10.4. The first-order chi connectivity index (χ1) is 13.9. The van der Waals surface area contributed by atoms with Gasteiger partial charge in [-0.3, -0.25) is 0 Å². The predicted molar refractivity (Wildman–Crippen MR) is 113 cm³/mol. The van der Waals surface area contributed by atoms with Crippen LogP contribution in [0.2, 0.25) is 0 Å². The highest BCUT2D eigenvalue weighted by Gasteiger charge is 2.28. The van der Waals surface area contributed by atoms with Gasteiger partial charge in [-0.1, -0.05) is 0 Å². The quantitative estimate of drug-likeness (QED) is 0.622. The molecule has 0 spiro atoms. The van der Waals surface area contributed by atoms with Crippen LogP contribution in [0.1, 0.15) is 42.8 Å². The molecule has 1 aliphatic heterocycles. The van der Waals surface area contributed by atoms with Crippen molar-refractivity contribution in [1.82, 2.24) is 18.8 Å². The number of hydrogen-bond donors (Lipinski definition) is 1. The molecule has 4 rings (SSSR count). The van der Waals surface area contributed by atoms with Gasteiger partial charge in [0.25, 0.3) is 0 Å². The third-order valence-corrected chi connectivity index (χ3v) is 7.96. The molecule has 0 radical (unpaired) electrons. The van der Waals surface area contributed by atoms with Crippen molar-refractivity contribution >= 4 is 26.9 Å². The fraction of sp³-hybridized carbons (Fsp3) is 0.700. The lowest BCUT2D eigenvalue weighted by atomic mass is 10.2. The maximum Gasteiger partial charge on any atom is 0.214 e. The smallest absolute Gasteiger partial charge is 0.214 e. The Balaban J connectivity index is 1.39. The number of hydrogen-bond acceptors (Lipinski definition) is 6. The van der Waals surface area contributed by atoms with Crippen LogP contribution in [-0.4, -0.2) is 59.3 Å². The average molecular weight is 422 g/mol. The molecule has 1 saturated heterocycles. The second kappa shape index (κ2) is 8.20. The van der Waals surface area contributed by atoms with E-state index in [9.17, 15) is 8.42 Å². The Bertz CT molecular complexity index is 997. The average Bonchev–Trinajstić information content (AvgIpc) is 3.31. The summed E-state index contributed by atoms with van der Waals surface area (Å²) in [5.74, 6) is 2.56. The van der Waals surface area contributed by atoms with Crippen LogP contribution in [0.5, 0.6) is 0 Å². The highest BCUT2D eigenvalue weighted by molar-refractivity contribution is 7.89. The summed E-state index contributed by atoms with van der Waals surface area (Å²) in [6, 6.07) is 0. The number of aryl methyl sites for hydroxylation is 2. The molecular formula is C20H31N5O3S. The molecule has 0 unspecified atom stereocenters. The Morgan fingerprint density at radius 3 is 2.66 bits per heavy atom. The largest absolute Gasteiger partial charge is 0.382 e. The molecule has 1 saturated carbocycles. The molecule has 2 fully saturated rings. The molecule has 2 aromatic heterocycles. The van der Waals surface area contributed by atoms with Crippen LogP contribution >= 0.6 is 0 Å². The summed E-state index contributed by atoms with van der Waals surface area (Å²) in [7, 11) is -3.02. The highest BCUT2D eigenvalue weighted by Crippen LogP contribution is 2.34. The van der Waals surface area contributed by atoms with E-state index in [1.807, 2.05) is 6.92 Å². The molecule has 9 heteroatoms. The van der Waals surface area contributed by atoms with E-state index in [0.717, 1.165) is 46.9 Å². The van der Waals surface area contributed by atoms with Crippen molar-refractivity contribution in [2.45, 2.75) is 52.5 Å². The van der Waals surface area contributed by atoms with E-state index < -0.39 is 10.0 Å². The van der Waals surface area contributed by atoms with E-state index in [0.29, 0.717) is 45.1 Å². The van der Waals surface area contributed by atoms with Gasteiger partial charge in [0, 0.05) is 38.4 Å². The van der Waals surface area contributed by atoms with E-state index in [1.54, 1.807) is 4.31 Å². The van der Waals surface area contributed by atoms with Gasteiger partial charge >= 0.3 is 0 Å². The fourth-order valence-corrected chi connectivity index (χ4v) is 5.63. The Hall–Kier alpha value is -1.71. The third kappa shape index (κ3) is 4.41. The molecule has 2 aliphatic rings. The number of imidazole rings is 1. The molecular weight excluding hydrogens is 390 g/mol. The monoisotopic (exact) mass is 421 g/mol. The van der Waals surface area contributed by atoms with Gasteiger partial charge < -0.3 is 15.0 Å². The molecule has 29 heavy (non-hydrogen) atoms. The lowest BCUT2D eigenvalue weighted by molar-refractivity contribution is 0.120.